The maximum Gasteiger partial charge on any atom is 0.125 e. The second-order valence-electron chi connectivity index (χ2n) is 4.06. The third kappa shape index (κ3) is 2.30. The van der Waals surface area contributed by atoms with E-state index < -0.39 is 0 Å². The molecule has 0 fully saturated rings. The van der Waals surface area contributed by atoms with Gasteiger partial charge in [0.25, 0.3) is 0 Å². The Balaban J connectivity index is 1.93. The van der Waals surface area contributed by atoms with E-state index in [1.165, 1.54) is 5.56 Å². The third-order valence-corrected chi connectivity index (χ3v) is 2.69. The van der Waals surface area contributed by atoms with Gasteiger partial charge in [-0.1, -0.05) is 0 Å². The fourth-order valence-electron chi connectivity index (χ4n) is 1.79. The van der Waals surface area contributed by atoms with Crippen LogP contribution in [0.5, 0.6) is 0 Å². The lowest BCUT2D eigenvalue weighted by molar-refractivity contribution is 0.588. The minimum atomic E-state index is -0.0137. The maximum atomic E-state index is 6.08. The Labute approximate surface area is 94.9 Å². The van der Waals surface area contributed by atoms with Gasteiger partial charge in [0.05, 0.1) is 12.2 Å². The fraction of sp³-hybridized carbons (Fsp3) is 0.455. The first-order chi connectivity index (χ1) is 7.66. The lowest BCUT2D eigenvalue weighted by Crippen LogP contribution is -2.15. The van der Waals surface area contributed by atoms with Crippen molar-refractivity contribution in [1.29, 1.82) is 0 Å². The van der Waals surface area contributed by atoms with Gasteiger partial charge in [-0.05, 0) is 18.4 Å². The molecule has 0 aliphatic heterocycles. The molecule has 0 radical (unpaired) electrons. The zero-order valence-electron chi connectivity index (χ0n) is 9.67. The van der Waals surface area contributed by atoms with Crippen molar-refractivity contribution in [1.82, 2.24) is 19.3 Å². The Kier molecular flexibility index (Phi) is 3.05. The van der Waals surface area contributed by atoms with Crippen LogP contribution in [0.1, 0.15) is 23.9 Å². The number of aryl methyl sites for hydroxylation is 3. The first kappa shape index (κ1) is 10.9. The van der Waals surface area contributed by atoms with E-state index in [-0.39, 0.29) is 6.04 Å². The molecule has 1 unspecified atom stereocenters. The lowest BCUT2D eigenvalue weighted by atomic mass is 10.1. The highest BCUT2D eigenvalue weighted by Crippen LogP contribution is 2.14. The number of aromatic nitrogens is 4. The van der Waals surface area contributed by atoms with E-state index in [1.807, 2.05) is 41.9 Å². The minimum Gasteiger partial charge on any atom is -0.337 e. The Bertz CT molecular complexity index is 456. The summed E-state index contributed by atoms with van der Waals surface area (Å²) in [6.45, 7) is 0. The molecule has 2 aromatic heterocycles. The van der Waals surface area contributed by atoms with Gasteiger partial charge in [0.1, 0.15) is 5.82 Å². The molecule has 0 saturated carbocycles. The van der Waals surface area contributed by atoms with Crippen molar-refractivity contribution in [2.75, 3.05) is 0 Å². The van der Waals surface area contributed by atoms with Crippen molar-refractivity contribution in [3.63, 3.8) is 0 Å². The SMILES string of the molecule is Cn1cc(CCC(N)c2nccn2C)cn1. The molecule has 86 valence electrons. The van der Waals surface area contributed by atoms with Crippen LogP contribution in [0.3, 0.4) is 0 Å². The van der Waals surface area contributed by atoms with Crippen LogP contribution in [0, 0.1) is 0 Å². The Morgan fingerprint density at radius 3 is 2.81 bits per heavy atom. The highest BCUT2D eigenvalue weighted by Gasteiger charge is 2.10. The zero-order chi connectivity index (χ0) is 11.5. The highest BCUT2D eigenvalue weighted by atomic mass is 15.2. The Morgan fingerprint density at radius 2 is 2.25 bits per heavy atom. The molecule has 0 aliphatic carbocycles. The molecule has 5 heteroatoms. The largest absolute Gasteiger partial charge is 0.337 e. The van der Waals surface area contributed by atoms with Gasteiger partial charge in [-0.2, -0.15) is 5.10 Å². The van der Waals surface area contributed by atoms with Crippen molar-refractivity contribution in [3.8, 4) is 0 Å². The van der Waals surface area contributed by atoms with Crippen LogP contribution < -0.4 is 5.73 Å². The van der Waals surface area contributed by atoms with Gasteiger partial charge in [-0.15, -0.1) is 0 Å². The van der Waals surface area contributed by atoms with Crippen LogP contribution in [0.25, 0.3) is 0 Å². The lowest BCUT2D eigenvalue weighted by Gasteiger charge is -2.10. The molecule has 0 bridgehead atoms. The highest BCUT2D eigenvalue weighted by molar-refractivity contribution is 5.06. The number of imidazole rings is 1. The normalized spacial score (nSPS) is 12.9. The van der Waals surface area contributed by atoms with E-state index in [0.717, 1.165) is 18.7 Å². The number of hydrogen-bond acceptors (Lipinski definition) is 3. The van der Waals surface area contributed by atoms with Crippen LogP contribution in [-0.2, 0) is 20.5 Å². The van der Waals surface area contributed by atoms with Crippen LogP contribution >= 0.6 is 0 Å². The first-order valence-corrected chi connectivity index (χ1v) is 5.37. The molecular formula is C11H17N5. The summed E-state index contributed by atoms with van der Waals surface area (Å²) in [7, 11) is 3.88. The molecule has 0 aromatic carbocycles. The monoisotopic (exact) mass is 219 g/mol. The summed E-state index contributed by atoms with van der Waals surface area (Å²) in [5.74, 6) is 0.934. The van der Waals surface area contributed by atoms with Gasteiger partial charge in [-0.25, -0.2) is 4.98 Å². The fourth-order valence-corrected chi connectivity index (χ4v) is 1.79. The van der Waals surface area contributed by atoms with E-state index in [1.54, 1.807) is 6.20 Å². The van der Waals surface area contributed by atoms with E-state index in [0.29, 0.717) is 0 Å². The Morgan fingerprint density at radius 1 is 1.44 bits per heavy atom. The molecule has 2 heterocycles. The molecule has 0 spiro atoms. The van der Waals surface area contributed by atoms with Gasteiger partial charge in [0.2, 0.25) is 0 Å². The molecular weight excluding hydrogens is 202 g/mol. The number of rotatable bonds is 4. The maximum absolute atomic E-state index is 6.08. The van der Waals surface area contributed by atoms with E-state index in [9.17, 15) is 0 Å². The van der Waals surface area contributed by atoms with Crippen molar-refractivity contribution >= 4 is 0 Å². The third-order valence-electron chi connectivity index (χ3n) is 2.69. The topological polar surface area (TPSA) is 61.7 Å². The van der Waals surface area contributed by atoms with Gasteiger partial charge >= 0.3 is 0 Å². The average molecular weight is 219 g/mol. The number of hydrogen-bond donors (Lipinski definition) is 1. The van der Waals surface area contributed by atoms with Crippen molar-refractivity contribution in [2.45, 2.75) is 18.9 Å². The zero-order valence-corrected chi connectivity index (χ0v) is 9.67. The van der Waals surface area contributed by atoms with Gasteiger partial charge in [0.15, 0.2) is 0 Å². The van der Waals surface area contributed by atoms with Crippen molar-refractivity contribution in [3.05, 3.63) is 36.2 Å². The molecule has 0 aliphatic rings. The number of nitrogens with zero attached hydrogens (tertiary/aromatic N) is 4. The summed E-state index contributed by atoms with van der Waals surface area (Å²) >= 11 is 0. The quantitative estimate of drug-likeness (QED) is 0.826. The smallest absolute Gasteiger partial charge is 0.125 e. The van der Waals surface area contributed by atoms with Gasteiger partial charge in [-0.3, -0.25) is 4.68 Å². The predicted octanol–water partition coefficient (Wildman–Crippen LogP) is 0.786. The summed E-state index contributed by atoms with van der Waals surface area (Å²) in [4.78, 5) is 4.25. The molecule has 16 heavy (non-hydrogen) atoms. The van der Waals surface area contributed by atoms with E-state index in [2.05, 4.69) is 10.1 Å². The summed E-state index contributed by atoms with van der Waals surface area (Å²) in [5.41, 5.74) is 7.30. The van der Waals surface area contributed by atoms with Crippen LogP contribution in [0.2, 0.25) is 0 Å². The second-order valence-corrected chi connectivity index (χ2v) is 4.06. The van der Waals surface area contributed by atoms with E-state index in [4.69, 9.17) is 5.73 Å². The Hall–Kier alpha value is -1.62. The van der Waals surface area contributed by atoms with Gasteiger partial charge in [0, 0.05) is 32.7 Å². The number of nitrogens with two attached hydrogens (primary N) is 1. The summed E-state index contributed by atoms with van der Waals surface area (Å²) in [6, 6.07) is -0.0137. The summed E-state index contributed by atoms with van der Waals surface area (Å²) in [6.07, 6.45) is 9.41. The minimum absolute atomic E-state index is 0.0137. The molecule has 1 atom stereocenters. The van der Waals surface area contributed by atoms with Crippen molar-refractivity contribution in [2.24, 2.45) is 19.8 Å². The predicted molar refractivity (Wildman–Crippen MR) is 61.7 cm³/mol. The second kappa shape index (κ2) is 4.49. The van der Waals surface area contributed by atoms with Crippen LogP contribution in [0.4, 0.5) is 0 Å². The van der Waals surface area contributed by atoms with Crippen LogP contribution in [-0.4, -0.2) is 19.3 Å². The van der Waals surface area contributed by atoms with Crippen LogP contribution in [0.15, 0.2) is 24.8 Å². The molecule has 0 amide bonds. The summed E-state index contributed by atoms with van der Waals surface area (Å²) in [5, 5.41) is 4.13. The first-order valence-electron chi connectivity index (χ1n) is 5.37. The average Bonchev–Trinajstić information content (AvgIpc) is 2.84. The molecule has 2 aromatic rings. The molecule has 2 rings (SSSR count). The molecule has 0 saturated heterocycles. The molecule has 2 N–H and O–H groups in total. The summed E-state index contributed by atoms with van der Waals surface area (Å²) < 4.78 is 3.77. The standard InChI is InChI=1S/C11H17N5/c1-15-6-5-13-11(15)10(12)4-3-9-7-14-16(2)8-9/h5-8,10H,3-4,12H2,1-2H3. The van der Waals surface area contributed by atoms with Gasteiger partial charge < -0.3 is 10.3 Å². The van der Waals surface area contributed by atoms with Crippen molar-refractivity contribution < 1.29 is 0 Å². The molecule has 5 nitrogen and oxygen atoms in total. The van der Waals surface area contributed by atoms with E-state index >= 15 is 0 Å².